The SMILES string of the molecule is CS(=O)(=O)n1ncc2c1CN([C@H]1CO[C@H](c3cc(F)ccc3F)[C@@H](N)C1)[C@H]2CO. The van der Waals surface area contributed by atoms with Crippen molar-refractivity contribution in [3.63, 3.8) is 0 Å². The van der Waals surface area contributed by atoms with Crippen LogP contribution in [0.1, 0.15) is 35.4 Å². The van der Waals surface area contributed by atoms with E-state index in [1.807, 2.05) is 4.90 Å². The molecule has 0 amide bonds. The van der Waals surface area contributed by atoms with Crippen LogP contribution in [0.4, 0.5) is 8.78 Å². The standard InChI is InChI=1S/C18H22F2N4O4S/c1-29(26,27)24-16-7-23(17(8-25)13(16)6-22-24)11-5-15(21)18(28-9-11)12-4-10(19)2-3-14(12)20/h2-4,6,11,15,17-18,25H,5,7-9,21H2,1H3/t11-,15+,17+,18-/m1/s1. The van der Waals surface area contributed by atoms with Gasteiger partial charge in [-0.25, -0.2) is 17.2 Å². The Balaban J connectivity index is 1.55. The van der Waals surface area contributed by atoms with Gasteiger partial charge in [0.1, 0.15) is 17.7 Å². The Hall–Kier alpha value is -1.92. The highest BCUT2D eigenvalue weighted by molar-refractivity contribution is 7.89. The number of rotatable bonds is 4. The van der Waals surface area contributed by atoms with Crippen LogP contribution >= 0.6 is 0 Å². The quantitative estimate of drug-likeness (QED) is 0.737. The number of aliphatic hydroxyl groups is 1. The zero-order valence-electron chi connectivity index (χ0n) is 15.7. The van der Waals surface area contributed by atoms with E-state index in [9.17, 15) is 22.3 Å². The highest BCUT2D eigenvalue weighted by Crippen LogP contribution is 2.39. The lowest BCUT2D eigenvalue weighted by molar-refractivity contribution is -0.0654. The number of fused-ring (bicyclic) bond motifs is 1. The third-order valence-electron chi connectivity index (χ3n) is 5.58. The van der Waals surface area contributed by atoms with Crippen LogP contribution in [-0.4, -0.2) is 59.2 Å². The molecule has 8 nitrogen and oxygen atoms in total. The molecule has 1 fully saturated rings. The normalized spacial score (nSPS) is 27.9. The summed E-state index contributed by atoms with van der Waals surface area (Å²) in [5.74, 6) is -1.15. The van der Waals surface area contributed by atoms with E-state index in [0.29, 0.717) is 17.7 Å². The second-order valence-electron chi connectivity index (χ2n) is 7.50. The second-order valence-corrected chi connectivity index (χ2v) is 9.31. The molecule has 1 aromatic heterocycles. The van der Waals surface area contributed by atoms with Gasteiger partial charge < -0.3 is 15.6 Å². The minimum Gasteiger partial charge on any atom is -0.394 e. The molecule has 1 aromatic carbocycles. The Morgan fingerprint density at radius 3 is 2.76 bits per heavy atom. The highest BCUT2D eigenvalue weighted by Gasteiger charge is 2.42. The zero-order valence-corrected chi connectivity index (χ0v) is 16.5. The van der Waals surface area contributed by atoms with Crippen molar-refractivity contribution in [2.24, 2.45) is 5.73 Å². The van der Waals surface area contributed by atoms with Crippen molar-refractivity contribution in [2.45, 2.75) is 37.2 Å². The van der Waals surface area contributed by atoms with Crippen molar-refractivity contribution in [3.05, 3.63) is 52.9 Å². The largest absolute Gasteiger partial charge is 0.394 e. The van der Waals surface area contributed by atoms with Gasteiger partial charge in [0.05, 0.1) is 37.4 Å². The number of hydrogen-bond donors (Lipinski definition) is 2. The fourth-order valence-corrected chi connectivity index (χ4v) is 5.04. The van der Waals surface area contributed by atoms with E-state index >= 15 is 0 Å². The molecular weight excluding hydrogens is 406 g/mol. The van der Waals surface area contributed by atoms with Crippen LogP contribution in [0.15, 0.2) is 24.4 Å². The lowest BCUT2D eigenvalue weighted by Crippen LogP contribution is -2.49. The lowest BCUT2D eigenvalue weighted by atomic mass is 9.93. The van der Waals surface area contributed by atoms with Gasteiger partial charge in [0.25, 0.3) is 10.0 Å². The molecule has 11 heteroatoms. The molecule has 0 spiro atoms. The summed E-state index contributed by atoms with van der Waals surface area (Å²) in [6.07, 6.45) is 2.14. The molecule has 4 rings (SSSR count). The predicted octanol–water partition coefficient (Wildman–Crippen LogP) is 0.675. The third kappa shape index (κ3) is 3.57. The second kappa shape index (κ2) is 7.40. The summed E-state index contributed by atoms with van der Waals surface area (Å²) < 4.78 is 58.3. The molecule has 3 N–H and O–H groups in total. The van der Waals surface area contributed by atoms with Gasteiger partial charge in [0.2, 0.25) is 0 Å². The molecule has 2 aliphatic heterocycles. The predicted molar refractivity (Wildman–Crippen MR) is 99.3 cm³/mol. The Morgan fingerprint density at radius 2 is 2.10 bits per heavy atom. The smallest absolute Gasteiger partial charge is 0.251 e. The average Bonchev–Trinajstić information content (AvgIpc) is 3.22. The molecule has 0 unspecified atom stereocenters. The number of nitrogens with zero attached hydrogens (tertiary/aromatic N) is 3. The number of hydrogen-bond acceptors (Lipinski definition) is 7. The van der Waals surface area contributed by atoms with Crippen LogP contribution in [0, 0.1) is 11.6 Å². The van der Waals surface area contributed by atoms with E-state index < -0.39 is 39.8 Å². The molecule has 158 valence electrons. The van der Waals surface area contributed by atoms with E-state index in [-0.39, 0.29) is 31.4 Å². The molecule has 2 aromatic rings. The lowest BCUT2D eigenvalue weighted by Gasteiger charge is -2.40. The van der Waals surface area contributed by atoms with Crippen LogP contribution in [0.5, 0.6) is 0 Å². The number of aromatic nitrogens is 2. The van der Waals surface area contributed by atoms with E-state index in [1.54, 1.807) is 0 Å². The van der Waals surface area contributed by atoms with Gasteiger partial charge in [0, 0.05) is 29.8 Å². The average molecular weight is 428 g/mol. The molecule has 1 saturated heterocycles. The Kier molecular flexibility index (Phi) is 5.20. The van der Waals surface area contributed by atoms with Crippen molar-refractivity contribution >= 4 is 10.0 Å². The first-order valence-corrected chi connectivity index (χ1v) is 11.0. The monoisotopic (exact) mass is 428 g/mol. The molecule has 4 atom stereocenters. The van der Waals surface area contributed by atoms with E-state index in [1.165, 1.54) is 6.20 Å². The number of nitrogens with two attached hydrogens (primary N) is 1. The highest BCUT2D eigenvalue weighted by atomic mass is 32.2. The maximum absolute atomic E-state index is 14.1. The van der Waals surface area contributed by atoms with Gasteiger partial charge in [0.15, 0.2) is 0 Å². The van der Waals surface area contributed by atoms with Crippen LogP contribution in [-0.2, 0) is 21.3 Å². The van der Waals surface area contributed by atoms with Crippen LogP contribution in [0.2, 0.25) is 0 Å². The van der Waals surface area contributed by atoms with Crippen molar-refractivity contribution in [1.82, 2.24) is 14.1 Å². The van der Waals surface area contributed by atoms with E-state index in [0.717, 1.165) is 28.5 Å². The summed E-state index contributed by atoms with van der Waals surface area (Å²) in [5.41, 5.74) is 7.46. The Labute approximate surface area is 166 Å². The van der Waals surface area contributed by atoms with Crippen LogP contribution in [0.3, 0.4) is 0 Å². The summed E-state index contributed by atoms with van der Waals surface area (Å²) in [5, 5.41) is 13.8. The molecule has 0 bridgehead atoms. The fourth-order valence-electron chi connectivity index (χ4n) is 4.26. The summed E-state index contributed by atoms with van der Waals surface area (Å²) in [6.45, 7) is 0.213. The molecule has 0 saturated carbocycles. The van der Waals surface area contributed by atoms with Crippen molar-refractivity contribution < 1.29 is 27.0 Å². The van der Waals surface area contributed by atoms with Gasteiger partial charge in [-0.2, -0.15) is 9.19 Å². The molecule has 3 heterocycles. The molecule has 29 heavy (non-hydrogen) atoms. The number of ether oxygens (including phenoxy) is 1. The van der Waals surface area contributed by atoms with Crippen molar-refractivity contribution in [2.75, 3.05) is 19.5 Å². The fraction of sp³-hybridized carbons (Fsp3) is 0.500. The Morgan fingerprint density at radius 1 is 1.34 bits per heavy atom. The van der Waals surface area contributed by atoms with Crippen LogP contribution < -0.4 is 5.73 Å². The van der Waals surface area contributed by atoms with Crippen molar-refractivity contribution in [3.8, 4) is 0 Å². The maximum Gasteiger partial charge on any atom is 0.251 e. The molecule has 0 aliphatic carbocycles. The van der Waals surface area contributed by atoms with Gasteiger partial charge in [-0.05, 0) is 24.6 Å². The van der Waals surface area contributed by atoms with Crippen LogP contribution in [0.25, 0.3) is 0 Å². The molecular formula is C18H22F2N4O4S. The van der Waals surface area contributed by atoms with Crippen molar-refractivity contribution in [1.29, 1.82) is 0 Å². The first-order chi connectivity index (χ1) is 13.7. The first kappa shape index (κ1) is 20.4. The topological polar surface area (TPSA) is 111 Å². The minimum atomic E-state index is -3.57. The number of benzene rings is 1. The Bertz CT molecular complexity index is 1030. The zero-order chi connectivity index (χ0) is 20.9. The number of aliphatic hydroxyl groups excluding tert-OH is 1. The third-order valence-corrected chi connectivity index (χ3v) is 6.52. The summed E-state index contributed by atoms with van der Waals surface area (Å²) in [4.78, 5) is 1.92. The molecule has 2 aliphatic rings. The van der Waals surface area contributed by atoms with Gasteiger partial charge in [-0.15, -0.1) is 0 Å². The minimum absolute atomic E-state index is 0.0760. The van der Waals surface area contributed by atoms with Gasteiger partial charge in [-0.3, -0.25) is 4.90 Å². The van der Waals surface area contributed by atoms with Gasteiger partial charge >= 0.3 is 0 Å². The summed E-state index contributed by atoms with van der Waals surface area (Å²) in [7, 11) is -3.57. The number of halogens is 2. The van der Waals surface area contributed by atoms with E-state index in [4.69, 9.17) is 10.5 Å². The summed E-state index contributed by atoms with van der Waals surface area (Å²) in [6, 6.07) is 1.90. The maximum atomic E-state index is 14.1. The molecule has 0 radical (unpaired) electrons. The summed E-state index contributed by atoms with van der Waals surface area (Å²) >= 11 is 0. The van der Waals surface area contributed by atoms with E-state index in [2.05, 4.69) is 5.10 Å². The van der Waals surface area contributed by atoms with Gasteiger partial charge in [-0.1, -0.05) is 0 Å². The first-order valence-electron chi connectivity index (χ1n) is 9.16.